The van der Waals surface area contributed by atoms with Crippen LogP contribution in [0.15, 0.2) is 36.1 Å². The Bertz CT molecular complexity index is 714. The van der Waals surface area contributed by atoms with E-state index in [0.29, 0.717) is 4.77 Å². The van der Waals surface area contributed by atoms with Gasteiger partial charge in [0.2, 0.25) is 0 Å². The van der Waals surface area contributed by atoms with E-state index in [2.05, 4.69) is 27.1 Å². The van der Waals surface area contributed by atoms with E-state index in [-0.39, 0.29) is 6.04 Å². The summed E-state index contributed by atoms with van der Waals surface area (Å²) in [6.45, 7) is 2.06. The molecular formula is C12H11N5S2. The fourth-order valence-corrected chi connectivity index (χ4v) is 2.90. The lowest BCUT2D eigenvalue weighted by molar-refractivity contribution is 0.631. The van der Waals surface area contributed by atoms with Gasteiger partial charge in [-0.15, -0.1) is 11.3 Å². The van der Waals surface area contributed by atoms with E-state index in [0.717, 1.165) is 16.4 Å². The second-order valence-electron chi connectivity index (χ2n) is 4.00. The number of thiazole rings is 1. The number of rotatable bonds is 3. The van der Waals surface area contributed by atoms with E-state index in [1.807, 2.05) is 22.1 Å². The van der Waals surface area contributed by atoms with Crippen molar-refractivity contribution in [2.24, 2.45) is 0 Å². The van der Waals surface area contributed by atoms with Crippen LogP contribution in [-0.4, -0.2) is 24.7 Å². The highest BCUT2D eigenvalue weighted by molar-refractivity contribution is 7.71. The lowest BCUT2D eigenvalue weighted by atomic mass is 10.2. The summed E-state index contributed by atoms with van der Waals surface area (Å²) in [7, 11) is 0. The lowest BCUT2D eigenvalue weighted by Gasteiger charge is -2.12. The average Bonchev–Trinajstić information content (AvgIpc) is 3.08. The first kappa shape index (κ1) is 12.2. The van der Waals surface area contributed by atoms with Crippen LogP contribution in [-0.2, 0) is 0 Å². The fraction of sp³-hybridized carbons (Fsp3) is 0.167. The molecule has 0 bridgehead atoms. The summed E-state index contributed by atoms with van der Waals surface area (Å²) in [5.74, 6) is 0.801. The highest BCUT2D eigenvalue weighted by atomic mass is 32.1. The number of nitrogens with one attached hydrogen (secondary N) is 1. The van der Waals surface area contributed by atoms with Crippen LogP contribution >= 0.6 is 23.6 Å². The molecule has 7 heteroatoms. The molecule has 1 unspecified atom stereocenters. The van der Waals surface area contributed by atoms with Crippen LogP contribution in [0.2, 0.25) is 0 Å². The highest BCUT2D eigenvalue weighted by Gasteiger charge is 2.17. The quantitative estimate of drug-likeness (QED) is 0.753. The Balaban J connectivity index is 2.12. The summed E-state index contributed by atoms with van der Waals surface area (Å²) >= 11 is 6.94. The number of hydrogen-bond donors (Lipinski definition) is 1. The maximum absolute atomic E-state index is 5.33. The second kappa shape index (κ2) is 5.02. The zero-order valence-corrected chi connectivity index (χ0v) is 11.8. The molecule has 3 rings (SSSR count). The summed E-state index contributed by atoms with van der Waals surface area (Å²) in [6, 6.07) is 3.88. The Morgan fingerprint density at radius 2 is 2.11 bits per heavy atom. The van der Waals surface area contributed by atoms with E-state index in [9.17, 15) is 0 Å². The molecule has 1 N–H and O–H groups in total. The molecule has 3 aromatic rings. The highest BCUT2D eigenvalue weighted by Crippen LogP contribution is 2.26. The molecule has 0 radical (unpaired) electrons. The first-order valence-electron chi connectivity index (χ1n) is 5.74. The predicted molar refractivity (Wildman–Crippen MR) is 76.6 cm³/mol. The van der Waals surface area contributed by atoms with Crippen molar-refractivity contribution in [2.75, 3.05) is 0 Å². The molecular weight excluding hydrogens is 278 g/mol. The molecule has 96 valence electrons. The standard InChI is InChI=1S/C12H11N5S2/c1-8(11-14-6-7-19-11)17-10(15-16-12(17)18)9-2-4-13-5-3-9/h2-8H,1H3,(H,16,18). The zero-order chi connectivity index (χ0) is 13.2. The second-order valence-corrected chi connectivity index (χ2v) is 5.32. The van der Waals surface area contributed by atoms with Crippen LogP contribution in [0.5, 0.6) is 0 Å². The molecule has 3 heterocycles. The third kappa shape index (κ3) is 2.22. The van der Waals surface area contributed by atoms with E-state index in [4.69, 9.17) is 12.2 Å². The van der Waals surface area contributed by atoms with Crippen molar-refractivity contribution >= 4 is 23.6 Å². The monoisotopic (exact) mass is 289 g/mol. The minimum absolute atomic E-state index is 0.0504. The molecule has 19 heavy (non-hydrogen) atoms. The van der Waals surface area contributed by atoms with Crippen molar-refractivity contribution in [2.45, 2.75) is 13.0 Å². The van der Waals surface area contributed by atoms with Gasteiger partial charge in [0.25, 0.3) is 0 Å². The zero-order valence-electron chi connectivity index (χ0n) is 10.1. The van der Waals surface area contributed by atoms with Crippen molar-refractivity contribution < 1.29 is 0 Å². The number of hydrogen-bond acceptors (Lipinski definition) is 5. The minimum atomic E-state index is 0.0504. The van der Waals surface area contributed by atoms with Crippen LogP contribution < -0.4 is 0 Å². The number of aromatic amines is 1. The number of aromatic nitrogens is 5. The topological polar surface area (TPSA) is 59.4 Å². The van der Waals surface area contributed by atoms with Gasteiger partial charge in [-0.2, -0.15) is 5.10 Å². The average molecular weight is 289 g/mol. The number of nitrogens with zero attached hydrogens (tertiary/aromatic N) is 4. The van der Waals surface area contributed by atoms with Gasteiger partial charge in [0.1, 0.15) is 5.01 Å². The lowest BCUT2D eigenvalue weighted by Crippen LogP contribution is -2.08. The Hall–Kier alpha value is -1.86. The molecule has 3 aromatic heterocycles. The van der Waals surface area contributed by atoms with Crippen molar-refractivity contribution in [1.29, 1.82) is 0 Å². The van der Waals surface area contributed by atoms with Crippen molar-refractivity contribution in [3.8, 4) is 11.4 Å². The number of H-pyrrole nitrogens is 1. The van der Waals surface area contributed by atoms with Gasteiger partial charge >= 0.3 is 0 Å². The fourth-order valence-electron chi connectivity index (χ4n) is 1.92. The van der Waals surface area contributed by atoms with Crippen molar-refractivity contribution in [3.05, 3.63) is 45.9 Å². The molecule has 0 saturated heterocycles. The number of pyridine rings is 1. The third-order valence-corrected chi connectivity index (χ3v) is 4.07. The van der Waals surface area contributed by atoms with Crippen LogP contribution in [0, 0.1) is 4.77 Å². The van der Waals surface area contributed by atoms with Gasteiger partial charge in [-0.3, -0.25) is 14.6 Å². The summed E-state index contributed by atoms with van der Waals surface area (Å²) in [4.78, 5) is 8.36. The first-order chi connectivity index (χ1) is 9.27. The van der Waals surface area contributed by atoms with Crippen LogP contribution in [0.3, 0.4) is 0 Å². The molecule has 0 aliphatic carbocycles. The van der Waals surface area contributed by atoms with E-state index in [1.54, 1.807) is 29.9 Å². The Morgan fingerprint density at radius 1 is 1.32 bits per heavy atom. The van der Waals surface area contributed by atoms with Gasteiger partial charge in [0, 0.05) is 29.5 Å². The Morgan fingerprint density at radius 3 is 2.79 bits per heavy atom. The summed E-state index contributed by atoms with van der Waals surface area (Å²) in [5.41, 5.74) is 0.978. The Labute approximate surface area is 119 Å². The first-order valence-corrected chi connectivity index (χ1v) is 7.03. The van der Waals surface area contributed by atoms with E-state index >= 15 is 0 Å². The SMILES string of the molecule is CC(c1nccs1)n1c(-c2ccncc2)n[nH]c1=S. The smallest absolute Gasteiger partial charge is 0.196 e. The molecule has 0 spiro atoms. The van der Waals surface area contributed by atoms with Gasteiger partial charge in [-0.1, -0.05) is 0 Å². The summed E-state index contributed by atoms with van der Waals surface area (Å²) < 4.78 is 2.57. The molecule has 0 fully saturated rings. The molecule has 0 aliphatic rings. The predicted octanol–water partition coefficient (Wildman–Crippen LogP) is 3.07. The molecule has 0 aliphatic heterocycles. The van der Waals surface area contributed by atoms with Crippen LogP contribution in [0.1, 0.15) is 18.0 Å². The molecule has 0 aromatic carbocycles. The minimum Gasteiger partial charge on any atom is -0.290 e. The van der Waals surface area contributed by atoms with Gasteiger partial charge in [0.15, 0.2) is 10.6 Å². The summed E-state index contributed by atoms with van der Waals surface area (Å²) in [6.07, 6.45) is 5.28. The third-order valence-electron chi connectivity index (χ3n) is 2.84. The maximum Gasteiger partial charge on any atom is 0.196 e. The van der Waals surface area contributed by atoms with Gasteiger partial charge in [-0.25, -0.2) is 4.98 Å². The summed E-state index contributed by atoms with van der Waals surface area (Å²) in [5, 5.41) is 10.1. The molecule has 0 saturated carbocycles. The molecule has 5 nitrogen and oxygen atoms in total. The van der Waals surface area contributed by atoms with E-state index in [1.165, 1.54) is 0 Å². The largest absolute Gasteiger partial charge is 0.290 e. The normalized spacial score (nSPS) is 12.5. The van der Waals surface area contributed by atoms with Crippen LogP contribution in [0.4, 0.5) is 0 Å². The van der Waals surface area contributed by atoms with Gasteiger partial charge in [0.05, 0.1) is 6.04 Å². The maximum atomic E-state index is 5.33. The van der Waals surface area contributed by atoms with E-state index < -0.39 is 0 Å². The van der Waals surface area contributed by atoms with Gasteiger partial charge in [-0.05, 0) is 31.3 Å². The van der Waals surface area contributed by atoms with Crippen molar-refractivity contribution in [3.63, 3.8) is 0 Å². The van der Waals surface area contributed by atoms with Crippen LogP contribution in [0.25, 0.3) is 11.4 Å². The van der Waals surface area contributed by atoms with Gasteiger partial charge < -0.3 is 0 Å². The van der Waals surface area contributed by atoms with Crippen molar-refractivity contribution in [1.82, 2.24) is 24.7 Å². The molecule has 1 atom stereocenters. The Kier molecular flexibility index (Phi) is 3.22. The molecule has 0 amide bonds.